The van der Waals surface area contributed by atoms with E-state index in [0.717, 1.165) is 35.2 Å². The molecule has 3 aromatic rings. The van der Waals surface area contributed by atoms with Crippen molar-refractivity contribution in [1.82, 2.24) is 25.4 Å². The Labute approximate surface area is 238 Å². The number of pyridine rings is 1. The maximum absolute atomic E-state index is 10.6. The van der Waals surface area contributed by atoms with Gasteiger partial charge in [-0.15, -0.1) is 0 Å². The van der Waals surface area contributed by atoms with Gasteiger partial charge in [-0.3, -0.25) is 14.9 Å². The van der Waals surface area contributed by atoms with Crippen LogP contribution in [0.2, 0.25) is 0 Å². The van der Waals surface area contributed by atoms with Crippen LogP contribution in [0.3, 0.4) is 0 Å². The third-order valence-corrected chi connectivity index (χ3v) is 6.66. The Hall–Kier alpha value is -3.79. The van der Waals surface area contributed by atoms with Crippen LogP contribution in [-0.2, 0) is 9.59 Å². The van der Waals surface area contributed by atoms with Gasteiger partial charge in [-0.2, -0.15) is 5.10 Å². The zero-order valence-electron chi connectivity index (χ0n) is 24.2. The minimum Gasteiger partial charge on any atom is -0.370 e. The summed E-state index contributed by atoms with van der Waals surface area (Å²) in [5, 5.41) is 11.2. The molecule has 6 N–H and O–H groups in total. The van der Waals surface area contributed by atoms with Crippen LogP contribution < -0.4 is 16.8 Å². The quantitative estimate of drug-likeness (QED) is 0.129. The van der Waals surface area contributed by atoms with Gasteiger partial charge in [0.1, 0.15) is 12.8 Å². The summed E-state index contributed by atoms with van der Waals surface area (Å²) in [6.45, 7) is 6.66. The second kappa shape index (κ2) is 18.5. The number of aromatic amines is 1. The summed E-state index contributed by atoms with van der Waals surface area (Å²) < 4.78 is 0. The summed E-state index contributed by atoms with van der Waals surface area (Å²) in [6, 6.07) is 12.5. The van der Waals surface area contributed by atoms with Crippen molar-refractivity contribution >= 4 is 29.1 Å². The van der Waals surface area contributed by atoms with Crippen LogP contribution >= 0.6 is 0 Å². The first-order valence-corrected chi connectivity index (χ1v) is 14.2. The van der Waals surface area contributed by atoms with Crippen molar-refractivity contribution in [3.8, 4) is 11.3 Å². The molecule has 2 aromatic heterocycles. The lowest BCUT2D eigenvalue weighted by atomic mass is 9.93. The zero-order chi connectivity index (χ0) is 29.2. The fraction of sp³-hybridized carbons (Fsp3) is 0.500. The number of hydrogen-bond donors (Lipinski definition) is 4. The number of likely N-dealkylation sites (tertiary alicyclic amines) is 1. The predicted octanol–water partition coefficient (Wildman–Crippen LogP) is 3.99. The second-order valence-corrected chi connectivity index (χ2v) is 9.94. The van der Waals surface area contributed by atoms with Crippen molar-refractivity contribution in [3.05, 3.63) is 48.3 Å². The third-order valence-electron chi connectivity index (χ3n) is 6.66. The van der Waals surface area contributed by atoms with E-state index in [1.165, 1.54) is 50.6 Å². The summed E-state index contributed by atoms with van der Waals surface area (Å²) >= 11 is 0. The largest absolute Gasteiger partial charge is 0.370 e. The molecule has 10 heteroatoms. The van der Waals surface area contributed by atoms with Gasteiger partial charge in [0, 0.05) is 28.8 Å². The van der Waals surface area contributed by atoms with Gasteiger partial charge in [-0.1, -0.05) is 70.2 Å². The first-order chi connectivity index (χ1) is 19.4. The molecule has 0 spiro atoms. The number of carbonyl (C=O) groups excluding carboxylic acids is 2. The molecule has 0 aliphatic carbocycles. The fourth-order valence-electron chi connectivity index (χ4n) is 4.37. The van der Waals surface area contributed by atoms with Crippen LogP contribution in [0.25, 0.3) is 22.2 Å². The third kappa shape index (κ3) is 11.5. The predicted molar refractivity (Wildman–Crippen MR) is 163 cm³/mol. The van der Waals surface area contributed by atoms with E-state index in [2.05, 4.69) is 81.6 Å². The lowest BCUT2D eigenvalue weighted by molar-refractivity contribution is -0.121. The van der Waals surface area contributed by atoms with Crippen molar-refractivity contribution in [2.45, 2.75) is 64.7 Å². The summed E-state index contributed by atoms with van der Waals surface area (Å²) in [7, 11) is 2.19. The minimum absolute atomic E-state index is 0.0151. The van der Waals surface area contributed by atoms with Crippen LogP contribution in [0.4, 0.5) is 0 Å². The molecule has 0 saturated carbocycles. The zero-order valence-corrected chi connectivity index (χ0v) is 24.2. The molecule has 4 rings (SSSR count). The average Bonchev–Trinajstić information content (AvgIpc) is 3.46. The van der Waals surface area contributed by atoms with Crippen LogP contribution in [0.15, 0.2) is 47.6 Å². The lowest BCUT2D eigenvalue weighted by Gasteiger charge is -2.27. The molecule has 1 aromatic carbocycles. The van der Waals surface area contributed by atoms with E-state index in [1.54, 1.807) is 0 Å². The van der Waals surface area contributed by atoms with Gasteiger partial charge in [-0.25, -0.2) is 4.99 Å². The smallest absolute Gasteiger partial charge is 0.242 e. The first kappa shape index (κ1) is 32.4. The highest BCUT2D eigenvalue weighted by atomic mass is 16.2. The number of nitrogens with two attached hydrogens (primary N) is 2. The Kier molecular flexibility index (Phi) is 15.0. The SMILES string of the molecule is CCCCCCC.CN1CCC(c2cc(-c3cccc4cccnc34)n[nH]2)CC1.NC(N)=NCC(=O)NCC=O. The van der Waals surface area contributed by atoms with Crippen molar-refractivity contribution in [2.24, 2.45) is 16.5 Å². The lowest BCUT2D eigenvalue weighted by Crippen LogP contribution is -2.30. The number of unbranched alkanes of at least 4 members (excludes halogenated alkanes) is 4. The highest BCUT2D eigenvalue weighted by Gasteiger charge is 2.20. The first-order valence-electron chi connectivity index (χ1n) is 14.2. The summed E-state index contributed by atoms with van der Waals surface area (Å²) in [5.74, 6) is 0.0668. The molecule has 0 radical (unpaired) electrons. The van der Waals surface area contributed by atoms with E-state index in [0.29, 0.717) is 12.2 Å². The van der Waals surface area contributed by atoms with Crippen LogP contribution in [0.1, 0.15) is 70.4 Å². The Morgan fingerprint density at radius 1 is 1.12 bits per heavy atom. The van der Waals surface area contributed by atoms with Gasteiger partial charge < -0.3 is 26.5 Å². The highest BCUT2D eigenvalue weighted by Crippen LogP contribution is 2.31. The maximum atomic E-state index is 10.6. The molecule has 1 amide bonds. The number of H-pyrrole nitrogens is 1. The number of para-hydroxylation sites is 1. The number of rotatable bonds is 10. The molecule has 0 bridgehead atoms. The summed E-state index contributed by atoms with van der Waals surface area (Å²) in [4.78, 5) is 30.7. The number of fused-ring (bicyclic) bond motifs is 1. The number of carbonyl (C=O) groups is 2. The van der Waals surface area contributed by atoms with Crippen LogP contribution in [-0.4, -0.2) is 71.5 Å². The summed E-state index contributed by atoms with van der Waals surface area (Å²) in [6.07, 6.45) is 11.8. The van der Waals surface area contributed by atoms with Crippen molar-refractivity contribution in [1.29, 1.82) is 0 Å². The molecular formula is C30H46N8O2. The van der Waals surface area contributed by atoms with E-state index in [4.69, 9.17) is 11.5 Å². The van der Waals surface area contributed by atoms with Gasteiger partial charge in [0.15, 0.2) is 5.96 Å². The van der Waals surface area contributed by atoms with Gasteiger partial charge in [0.25, 0.3) is 0 Å². The topological polar surface area (TPSA) is 155 Å². The number of aromatic nitrogens is 3. The Balaban J connectivity index is 0.000000262. The second-order valence-electron chi connectivity index (χ2n) is 9.94. The molecule has 0 unspecified atom stereocenters. The van der Waals surface area contributed by atoms with Crippen molar-refractivity contribution < 1.29 is 9.59 Å². The number of piperidine rings is 1. The highest BCUT2D eigenvalue weighted by molar-refractivity contribution is 5.92. The number of nitrogens with one attached hydrogen (secondary N) is 2. The standard InChI is InChI=1S/C18H20N4.C7H16.C5H10N4O2/c1-22-10-7-13(8-11-22)16-12-17(21-20-16)15-6-2-4-14-5-3-9-19-18(14)15;1-3-5-7-6-4-2;6-5(7)9-3-4(11)8-1-2-10/h2-6,9,12-13H,7-8,10-11H2,1H3,(H,20,21);3-7H2,1-2H3;2H,1,3H2,(H,8,11)(H4,6,7,9). The van der Waals surface area contributed by atoms with E-state index in [-0.39, 0.29) is 25.0 Å². The molecule has 40 heavy (non-hydrogen) atoms. The molecule has 1 fully saturated rings. The number of hydrogen-bond acceptors (Lipinski definition) is 6. The molecular weight excluding hydrogens is 504 g/mol. The number of benzene rings is 1. The monoisotopic (exact) mass is 550 g/mol. The average molecular weight is 551 g/mol. The van der Waals surface area contributed by atoms with E-state index in [1.807, 2.05) is 12.3 Å². The number of guanidine groups is 1. The van der Waals surface area contributed by atoms with Crippen molar-refractivity contribution in [3.63, 3.8) is 0 Å². The number of aldehydes is 1. The summed E-state index contributed by atoms with van der Waals surface area (Å²) in [5.41, 5.74) is 14.3. The van der Waals surface area contributed by atoms with Gasteiger partial charge in [0.05, 0.1) is 17.8 Å². The number of nitrogens with zero attached hydrogens (tertiary/aromatic N) is 4. The molecule has 218 valence electrons. The van der Waals surface area contributed by atoms with E-state index in [9.17, 15) is 9.59 Å². The van der Waals surface area contributed by atoms with Gasteiger partial charge >= 0.3 is 0 Å². The number of aliphatic imine (C=N–C) groups is 1. The fourth-order valence-corrected chi connectivity index (χ4v) is 4.37. The molecule has 1 saturated heterocycles. The number of amides is 1. The van der Waals surface area contributed by atoms with Crippen molar-refractivity contribution in [2.75, 3.05) is 33.2 Å². The Bertz CT molecular complexity index is 1170. The van der Waals surface area contributed by atoms with E-state index >= 15 is 0 Å². The molecule has 1 aliphatic heterocycles. The molecule has 3 heterocycles. The molecule has 1 aliphatic rings. The van der Waals surface area contributed by atoms with Gasteiger partial charge in [-0.05, 0) is 45.1 Å². The molecule has 10 nitrogen and oxygen atoms in total. The Morgan fingerprint density at radius 2 is 1.82 bits per heavy atom. The molecule has 0 atom stereocenters. The Morgan fingerprint density at radius 3 is 2.48 bits per heavy atom. The normalized spacial score (nSPS) is 13.4. The van der Waals surface area contributed by atoms with E-state index < -0.39 is 0 Å². The van der Waals surface area contributed by atoms with Crippen LogP contribution in [0.5, 0.6) is 0 Å². The maximum Gasteiger partial charge on any atom is 0.242 e. The minimum atomic E-state index is -0.384. The van der Waals surface area contributed by atoms with Crippen LogP contribution in [0, 0.1) is 0 Å². The van der Waals surface area contributed by atoms with Gasteiger partial charge in [0.2, 0.25) is 5.91 Å².